The zero-order valence-electron chi connectivity index (χ0n) is 38.1. The zero-order chi connectivity index (χ0) is 43.3. The molecule has 4 unspecified atom stereocenters. The first-order valence-electron chi connectivity index (χ1n) is 22.7. The van der Waals surface area contributed by atoms with Crippen LogP contribution in [0, 0.1) is 47.3 Å². The first-order valence-corrected chi connectivity index (χ1v) is 22.7. The smallest absolute Gasteiger partial charge is 0.459 e. The Bertz CT molecular complexity index is 1380. The molecule has 0 amide bonds. The van der Waals surface area contributed by atoms with E-state index < -0.39 is 23.5 Å². The summed E-state index contributed by atoms with van der Waals surface area (Å²) >= 11 is 0. The topological polar surface area (TPSA) is 141 Å². The van der Waals surface area contributed by atoms with Gasteiger partial charge >= 0.3 is 30.2 Å². The van der Waals surface area contributed by atoms with Crippen LogP contribution in [0.4, 0.5) is 9.59 Å². The molecule has 0 aromatic carbocycles. The van der Waals surface area contributed by atoms with Crippen molar-refractivity contribution in [3.8, 4) is 0 Å². The summed E-state index contributed by atoms with van der Waals surface area (Å²) in [5.41, 5.74) is -1.76. The van der Waals surface area contributed by atoms with Crippen molar-refractivity contribution in [3.05, 3.63) is 0 Å². The Labute approximate surface area is 349 Å². The fraction of sp³-hybridized carbons (Fsp3) is 0.894. The number of hydrogen-bond donors (Lipinski definition) is 0. The first kappa shape index (κ1) is 47.8. The van der Waals surface area contributed by atoms with E-state index in [4.69, 9.17) is 23.7 Å². The Kier molecular flexibility index (Phi) is 15.9. The molecule has 0 aromatic rings. The quantitative estimate of drug-likeness (QED) is 0.144. The summed E-state index contributed by atoms with van der Waals surface area (Å²) in [6.45, 7) is 22.1. The minimum atomic E-state index is -1.06. The van der Waals surface area contributed by atoms with Gasteiger partial charge in [-0.1, -0.05) is 20.8 Å². The molecule has 0 spiro atoms. The average molecular weight is 819 g/mol. The third kappa shape index (κ3) is 13.1. The zero-order valence-corrected chi connectivity index (χ0v) is 38.1. The highest BCUT2D eigenvalue weighted by Crippen LogP contribution is 2.59. The predicted octanol–water partition coefficient (Wildman–Crippen LogP) is 11.5. The normalized spacial score (nSPS) is 36.1. The molecular weight excluding hydrogens is 741 g/mol. The molecule has 11 heteroatoms. The third-order valence-corrected chi connectivity index (χ3v) is 14.1. The van der Waals surface area contributed by atoms with Crippen molar-refractivity contribution in [1.29, 1.82) is 0 Å². The molecular formula is C47H78O11. The van der Waals surface area contributed by atoms with E-state index in [2.05, 4.69) is 25.5 Å². The second kappa shape index (κ2) is 19.2. The number of carbonyl (C=O) groups is 5. The Morgan fingerprint density at radius 3 is 1.17 bits per heavy atom. The van der Waals surface area contributed by atoms with Crippen LogP contribution in [0.3, 0.4) is 0 Å². The predicted molar refractivity (Wildman–Crippen MR) is 220 cm³/mol. The number of hydrogen-bond acceptors (Lipinski definition) is 11. The van der Waals surface area contributed by atoms with E-state index in [9.17, 15) is 24.0 Å². The maximum Gasteiger partial charge on any atom is 0.519 e. The van der Waals surface area contributed by atoms with Gasteiger partial charge in [-0.25, -0.2) is 9.59 Å². The van der Waals surface area contributed by atoms with Gasteiger partial charge in [0.25, 0.3) is 0 Å². The molecule has 8 bridgehead atoms. The second-order valence-corrected chi connectivity index (χ2v) is 21.1. The van der Waals surface area contributed by atoms with Gasteiger partial charge in [0, 0.05) is 19.3 Å². The Morgan fingerprint density at radius 2 is 0.828 bits per heavy atom. The summed E-state index contributed by atoms with van der Waals surface area (Å²) in [4.78, 5) is 56.2. The van der Waals surface area contributed by atoms with Crippen molar-refractivity contribution in [2.75, 3.05) is 0 Å². The minimum absolute atomic E-state index is 0.00465. The van der Waals surface area contributed by atoms with Crippen molar-refractivity contribution >= 4 is 30.2 Å². The molecule has 332 valence electrons. The molecule has 0 aliphatic heterocycles. The maximum absolute atomic E-state index is 11.6. The summed E-state index contributed by atoms with van der Waals surface area (Å²) in [6, 6.07) is 0. The van der Waals surface area contributed by atoms with Crippen LogP contribution in [0.2, 0.25) is 0 Å². The molecule has 0 saturated heterocycles. The molecule has 4 atom stereocenters. The Morgan fingerprint density at radius 1 is 0.466 bits per heavy atom. The second-order valence-electron chi connectivity index (χ2n) is 21.1. The fourth-order valence-corrected chi connectivity index (χ4v) is 11.4. The molecule has 58 heavy (non-hydrogen) atoms. The lowest BCUT2D eigenvalue weighted by Gasteiger charge is -2.59. The molecule has 9 rings (SSSR count). The van der Waals surface area contributed by atoms with Crippen molar-refractivity contribution in [2.45, 2.75) is 220 Å². The summed E-state index contributed by atoms with van der Waals surface area (Å²) in [7, 11) is 0. The summed E-state index contributed by atoms with van der Waals surface area (Å²) < 4.78 is 30.8. The molecule has 0 heterocycles. The highest BCUT2D eigenvalue weighted by molar-refractivity contribution is 5.77. The van der Waals surface area contributed by atoms with Gasteiger partial charge in [-0.05, 0) is 200 Å². The van der Waals surface area contributed by atoms with E-state index in [1.54, 1.807) is 41.5 Å². The van der Waals surface area contributed by atoms with Gasteiger partial charge in [-0.15, -0.1) is 0 Å². The van der Waals surface area contributed by atoms with Crippen molar-refractivity contribution in [1.82, 2.24) is 0 Å². The number of esters is 3. The van der Waals surface area contributed by atoms with Crippen molar-refractivity contribution < 1.29 is 52.4 Å². The molecule has 0 aromatic heterocycles. The minimum Gasteiger partial charge on any atom is -0.459 e. The third-order valence-electron chi connectivity index (χ3n) is 14.1. The average Bonchev–Trinajstić information content (AvgIpc) is 3.70. The number of fused-ring (bicyclic) bond motifs is 5. The highest BCUT2D eigenvalue weighted by Gasteiger charge is 2.57. The van der Waals surface area contributed by atoms with E-state index in [0.717, 1.165) is 36.5 Å². The fourth-order valence-electron chi connectivity index (χ4n) is 11.4. The van der Waals surface area contributed by atoms with E-state index in [1.807, 2.05) is 20.8 Å². The van der Waals surface area contributed by atoms with Crippen LogP contribution >= 0.6 is 0 Å². The Balaban J connectivity index is 0.000000172. The number of carbonyl (C=O) groups excluding carboxylic acids is 5. The van der Waals surface area contributed by atoms with E-state index >= 15 is 0 Å². The van der Waals surface area contributed by atoms with E-state index in [-0.39, 0.29) is 34.7 Å². The lowest BCUT2D eigenvalue weighted by atomic mass is 9.50. The van der Waals surface area contributed by atoms with Crippen LogP contribution in [-0.4, -0.2) is 58.2 Å². The lowest BCUT2D eigenvalue weighted by Crippen LogP contribution is -2.57. The van der Waals surface area contributed by atoms with Crippen LogP contribution < -0.4 is 0 Å². The van der Waals surface area contributed by atoms with Crippen LogP contribution in [-0.2, 0) is 42.8 Å². The standard InChI is InChI=1S/C14H22O2.C12H20O2.C11H18O2.C10H18O5/c1-3-13(15)16-14(2)11-5-9-4-10(7-11)8-12(14)6-9;1-3-11(13)14-12(2)8-9-4-6-10(12)7-5-9;1-3-10(12)13-11(2)7-8-4-5-9(11)6-8;1-9(2,3)14-7(11)13-8(12)15-10(4,5)6/h9-12H,3-8H2,1-2H3;9-10H,3-8H2,1-2H3;8-9H,3-7H2,1-2H3;1-6H3. The van der Waals surface area contributed by atoms with Gasteiger partial charge in [0.2, 0.25) is 0 Å². The monoisotopic (exact) mass is 819 g/mol. The van der Waals surface area contributed by atoms with Crippen molar-refractivity contribution in [2.24, 2.45) is 47.3 Å². The van der Waals surface area contributed by atoms with Crippen molar-refractivity contribution in [3.63, 3.8) is 0 Å². The SMILES string of the molecule is CC(C)(C)OC(=O)OC(=O)OC(C)(C)C.CCC(=O)OC1(C)C2CC3CC(C2)CC1C3.CCC(=O)OC1(C)CC2CCC1C2.CCC(=O)OC1(C)CC2CCC1CC2. The van der Waals surface area contributed by atoms with Crippen LogP contribution in [0.1, 0.15) is 192 Å². The molecule has 9 aliphatic carbocycles. The first-order chi connectivity index (χ1) is 26.9. The van der Waals surface area contributed by atoms with Gasteiger partial charge in [0.1, 0.15) is 28.0 Å². The number of ether oxygens (including phenoxy) is 6. The van der Waals surface area contributed by atoms with Crippen LogP contribution in [0.5, 0.6) is 0 Å². The molecule has 11 nitrogen and oxygen atoms in total. The summed E-state index contributed by atoms with van der Waals surface area (Å²) in [5.74, 6) is 6.04. The largest absolute Gasteiger partial charge is 0.519 e. The van der Waals surface area contributed by atoms with E-state index in [1.165, 1.54) is 77.0 Å². The Hall–Kier alpha value is -2.85. The van der Waals surface area contributed by atoms with Gasteiger partial charge in [-0.2, -0.15) is 0 Å². The van der Waals surface area contributed by atoms with Gasteiger partial charge < -0.3 is 28.4 Å². The summed E-state index contributed by atoms with van der Waals surface area (Å²) in [6.07, 6.45) is 17.4. The molecule has 9 saturated carbocycles. The molecule has 9 fully saturated rings. The van der Waals surface area contributed by atoms with Gasteiger partial charge in [-0.3, -0.25) is 14.4 Å². The van der Waals surface area contributed by atoms with Gasteiger partial charge in [0.15, 0.2) is 0 Å². The summed E-state index contributed by atoms with van der Waals surface area (Å²) in [5, 5.41) is 0. The maximum atomic E-state index is 11.6. The lowest BCUT2D eigenvalue weighted by molar-refractivity contribution is -0.203. The highest BCUT2D eigenvalue weighted by atomic mass is 16.8. The molecule has 9 aliphatic rings. The molecule has 0 N–H and O–H groups in total. The van der Waals surface area contributed by atoms with Crippen LogP contribution in [0.15, 0.2) is 0 Å². The number of rotatable bonds is 6. The van der Waals surface area contributed by atoms with Gasteiger partial charge in [0.05, 0.1) is 0 Å². The van der Waals surface area contributed by atoms with Crippen LogP contribution in [0.25, 0.3) is 0 Å². The molecule has 0 radical (unpaired) electrons. The van der Waals surface area contributed by atoms with E-state index in [0.29, 0.717) is 42.9 Å².